The Morgan fingerprint density at radius 3 is 2.70 bits per heavy atom. The molecule has 6 heteroatoms. The maximum Gasteiger partial charge on any atom is 0.246 e. The van der Waals surface area contributed by atoms with Crippen LogP contribution in [0.3, 0.4) is 0 Å². The average Bonchev–Trinajstić information content (AvgIpc) is 3.34. The number of nitrogens with one attached hydrogen (secondary N) is 1. The molecule has 6 nitrogen and oxygen atoms in total. The number of benzene rings is 2. The van der Waals surface area contributed by atoms with E-state index >= 15 is 0 Å². The number of pyridine rings is 1. The number of hydrogen-bond acceptors (Lipinski definition) is 4. The fourth-order valence-electron chi connectivity index (χ4n) is 4.36. The highest BCUT2D eigenvalue weighted by molar-refractivity contribution is 5.91. The highest BCUT2D eigenvalue weighted by Crippen LogP contribution is 2.33. The molecule has 0 bridgehead atoms. The molecule has 1 aliphatic rings. The standard InChI is InChI=1S/C27H26N4O2/c1-2-7-25(32)31-15-6-8-20(18-31)24-16-21-17-28-30-27(21)26(29-24)19-11-13-23(14-12-19)33-22-9-4-3-5-10-22/h2-5,7,9-14,16-17,20H,6,8,15,18H2,1H3,(H,28,30). The first-order valence-corrected chi connectivity index (χ1v) is 11.3. The minimum atomic E-state index is 0.0702. The molecule has 2 aromatic carbocycles. The molecule has 1 saturated heterocycles. The smallest absolute Gasteiger partial charge is 0.246 e. The summed E-state index contributed by atoms with van der Waals surface area (Å²) in [6.45, 7) is 3.35. The summed E-state index contributed by atoms with van der Waals surface area (Å²) in [6.07, 6.45) is 7.26. The molecular formula is C27H26N4O2. The normalized spacial score (nSPS) is 16.4. The molecule has 2 aromatic heterocycles. The number of rotatable bonds is 5. The molecule has 166 valence electrons. The molecule has 0 spiro atoms. The lowest BCUT2D eigenvalue weighted by atomic mass is 9.93. The first kappa shape index (κ1) is 20.9. The Balaban J connectivity index is 1.44. The van der Waals surface area contributed by atoms with Crippen LogP contribution in [0.2, 0.25) is 0 Å². The van der Waals surface area contributed by atoms with Gasteiger partial charge in [0.25, 0.3) is 0 Å². The Hall–Kier alpha value is -3.93. The van der Waals surface area contributed by atoms with Crippen LogP contribution >= 0.6 is 0 Å². The van der Waals surface area contributed by atoms with Gasteiger partial charge in [-0.05, 0) is 68.3 Å². The van der Waals surface area contributed by atoms with Crippen LogP contribution in [-0.2, 0) is 4.79 Å². The number of aromatic nitrogens is 3. The molecule has 1 fully saturated rings. The maximum absolute atomic E-state index is 12.4. The zero-order valence-corrected chi connectivity index (χ0v) is 18.6. The van der Waals surface area contributed by atoms with Crippen molar-refractivity contribution in [2.45, 2.75) is 25.7 Å². The van der Waals surface area contributed by atoms with Crippen LogP contribution in [0.4, 0.5) is 0 Å². The topological polar surface area (TPSA) is 71.1 Å². The Morgan fingerprint density at radius 1 is 1.12 bits per heavy atom. The molecule has 1 unspecified atom stereocenters. The number of ether oxygens (including phenoxy) is 1. The van der Waals surface area contributed by atoms with Gasteiger partial charge in [0.15, 0.2) is 0 Å². The maximum atomic E-state index is 12.4. The van der Waals surface area contributed by atoms with E-state index in [0.717, 1.165) is 58.7 Å². The van der Waals surface area contributed by atoms with E-state index in [4.69, 9.17) is 9.72 Å². The van der Waals surface area contributed by atoms with Crippen LogP contribution < -0.4 is 4.74 Å². The van der Waals surface area contributed by atoms with Crippen molar-refractivity contribution in [2.24, 2.45) is 0 Å². The van der Waals surface area contributed by atoms with Crippen molar-refractivity contribution in [3.8, 4) is 22.8 Å². The summed E-state index contributed by atoms with van der Waals surface area (Å²) in [7, 11) is 0. The first-order chi connectivity index (χ1) is 16.2. The fraction of sp³-hybridized carbons (Fsp3) is 0.222. The van der Waals surface area contributed by atoms with Crippen LogP contribution in [0.1, 0.15) is 31.4 Å². The van der Waals surface area contributed by atoms with Gasteiger partial charge in [0.1, 0.15) is 11.5 Å². The van der Waals surface area contributed by atoms with Gasteiger partial charge in [-0.3, -0.25) is 14.9 Å². The number of amides is 1. The van der Waals surface area contributed by atoms with Crippen LogP contribution in [0.5, 0.6) is 11.5 Å². The third-order valence-corrected chi connectivity index (χ3v) is 6.02. The third kappa shape index (κ3) is 4.51. The predicted octanol–water partition coefficient (Wildman–Crippen LogP) is 5.70. The number of aromatic amines is 1. The summed E-state index contributed by atoms with van der Waals surface area (Å²) in [5, 5.41) is 8.37. The number of carbonyl (C=O) groups excluding carboxylic acids is 1. The number of likely N-dealkylation sites (tertiary alicyclic amines) is 1. The van der Waals surface area contributed by atoms with E-state index in [2.05, 4.69) is 16.3 Å². The van der Waals surface area contributed by atoms with Crippen molar-refractivity contribution >= 4 is 16.8 Å². The van der Waals surface area contributed by atoms with Crippen LogP contribution in [0.15, 0.2) is 79.0 Å². The zero-order chi connectivity index (χ0) is 22.6. The quantitative estimate of drug-likeness (QED) is 0.406. The second-order valence-electron chi connectivity index (χ2n) is 8.29. The fourth-order valence-corrected chi connectivity index (χ4v) is 4.36. The van der Waals surface area contributed by atoms with Gasteiger partial charge < -0.3 is 9.64 Å². The zero-order valence-electron chi connectivity index (χ0n) is 18.6. The molecule has 1 amide bonds. The number of para-hydroxylation sites is 1. The molecule has 0 saturated carbocycles. The van der Waals surface area contributed by atoms with Crippen molar-refractivity contribution in [3.05, 3.63) is 84.7 Å². The van der Waals surface area contributed by atoms with Gasteiger partial charge in [0, 0.05) is 35.7 Å². The van der Waals surface area contributed by atoms with Crippen molar-refractivity contribution < 1.29 is 9.53 Å². The second kappa shape index (κ2) is 9.28. The highest BCUT2D eigenvalue weighted by Gasteiger charge is 2.25. The monoisotopic (exact) mass is 438 g/mol. The Kier molecular flexibility index (Phi) is 5.89. The van der Waals surface area contributed by atoms with E-state index in [0.29, 0.717) is 6.54 Å². The van der Waals surface area contributed by atoms with Crippen molar-refractivity contribution in [1.29, 1.82) is 0 Å². The molecule has 0 radical (unpaired) electrons. The number of nitrogens with zero attached hydrogens (tertiary/aromatic N) is 3. The number of allylic oxidation sites excluding steroid dienone is 1. The van der Waals surface area contributed by atoms with Crippen LogP contribution in [0.25, 0.3) is 22.2 Å². The van der Waals surface area contributed by atoms with Gasteiger partial charge in [0.2, 0.25) is 5.91 Å². The molecule has 1 atom stereocenters. The van der Waals surface area contributed by atoms with Gasteiger partial charge in [-0.1, -0.05) is 24.3 Å². The van der Waals surface area contributed by atoms with Gasteiger partial charge in [-0.15, -0.1) is 0 Å². The molecule has 0 aliphatic carbocycles. The van der Waals surface area contributed by atoms with Crippen molar-refractivity contribution in [2.75, 3.05) is 13.1 Å². The molecule has 1 N–H and O–H groups in total. The van der Waals surface area contributed by atoms with Gasteiger partial charge >= 0.3 is 0 Å². The average molecular weight is 439 g/mol. The lowest BCUT2D eigenvalue weighted by Crippen LogP contribution is -2.38. The number of piperidine rings is 1. The number of H-pyrrole nitrogens is 1. The van der Waals surface area contributed by atoms with E-state index in [1.165, 1.54) is 0 Å². The van der Waals surface area contributed by atoms with Crippen molar-refractivity contribution in [1.82, 2.24) is 20.1 Å². The molecule has 5 rings (SSSR count). The van der Waals surface area contributed by atoms with E-state index in [1.807, 2.05) is 72.6 Å². The lowest BCUT2D eigenvalue weighted by Gasteiger charge is -2.32. The first-order valence-electron chi connectivity index (χ1n) is 11.3. The Morgan fingerprint density at radius 2 is 1.91 bits per heavy atom. The SMILES string of the molecule is CC=CC(=O)N1CCCC(c2cc3cn[nH]c3c(-c3ccc(Oc4ccccc4)cc3)n2)C1. The van der Waals surface area contributed by atoms with E-state index in [-0.39, 0.29) is 11.8 Å². The summed E-state index contributed by atoms with van der Waals surface area (Å²) < 4.78 is 5.93. The number of fused-ring (bicyclic) bond motifs is 1. The van der Waals surface area contributed by atoms with Crippen molar-refractivity contribution in [3.63, 3.8) is 0 Å². The largest absolute Gasteiger partial charge is 0.457 e. The Bertz CT molecular complexity index is 1280. The summed E-state index contributed by atoms with van der Waals surface area (Å²) >= 11 is 0. The van der Waals surface area contributed by atoms with Crippen LogP contribution in [0, 0.1) is 0 Å². The molecule has 4 aromatic rings. The van der Waals surface area contributed by atoms with E-state index in [9.17, 15) is 4.79 Å². The molecule has 3 heterocycles. The van der Waals surface area contributed by atoms with Crippen LogP contribution in [-0.4, -0.2) is 39.1 Å². The van der Waals surface area contributed by atoms with Gasteiger partial charge in [-0.25, -0.2) is 0 Å². The Labute approximate surface area is 192 Å². The minimum absolute atomic E-state index is 0.0702. The minimum Gasteiger partial charge on any atom is -0.457 e. The number of hydrogen-bond donors (Lipinski definition) is 1. The summed E-state index contributed by atoms with van der Waals surface area (Å²) in [5.74, 6) is 1.84. The second-order valence-corrected chi connectivity index (χ2v) is 8.29. The third-order valence-electron chi connectivity index (χ3n) is 6.02. The van der Waals surface area contributed by atoms with Gasteiger partial charge in [0.05, 0.1) is 17.4 Å². The van der Waals surface area contributed by atoms with Gasteiger partial charge in [-0.2, -0.15) is 5.10 Å². The summed E-state index contributed by atoms with van der Waals surface area (Å²) in [6, 6.07) is 19.8. The van der Waals surface area contributed by atoms with E-state index < -0.39 is 0 Å². The molecular weight excluding hydrogens is 412 g/mol. The highest BCUT2D eigenvalue weighted by atomic mass is 16.5. The van der Waals surface area contributed by atoms with E-state index in [1.54, 1.807) is 12.2 Å². The summed E-state index contributed by atoms with van der Waals surface area (Å²) in [4.78, 5) is 19.4. The lowest BCUT2D eigenvalue weighted by molar-refractivity contribution is -0.127. The molecule has 33 heavy (non-hydrogen) atoms. The predicted molar refractivity (Wildman–Crippen MR) is 129 cm³/mol. The number of carbonyl (C=O) groups is 1. The summed E-state index contributed by atoms with van der Waals surface area (Å²) in [5.41, 5.74) is 3.77. The molecule has 1 aliphatic heterocycles.